The van der Waals surface area contributed by atoms with Crippen LogP contribution in [0.25, 0.3) is 11.1 Å². The molecule has 0 aliphatic heterocycles. The molecule has 0 aliphatic rings. The van der Waals surface area contributed by atoms with Crippen molar-refractivity contribution in [1.82, 2.24) is 9.19 Å². The van der Waals surface area contributed by atoms with E-state index >= 15 is 0 Å². The molecule has 0 saturated heterocycles. The quantitative estimate of drug-likeness (QED) is 0.758. The molecule has 0 bridgehead atoms. The molecule has 0 fully saturated rings. The van der Waals surface area contributed by atoms with Crippen molar-refractivity contribution in [1.29, 1.82) is 0 Å². The molecule has 3 rings (SSSR count). The van der Waals surface area contributed by atoms with Crippen molar-refractivity contribution in [2.75, 3.05) is 12.3 Å². The Morgan fingerprint density at radius 3 is 2.32 bits per heavy atom. The van der Waals surface area contributed by atoms with Crippen LogP contribution in [0.3, 0.4) is 0 Å². The number of nitrogens with zero attached hydrogens (tertiary/aromatic N) is 2. The van der Waals surface area contributed by atoms with E-state index in [1.807, 2.05) is 38.1 Å². The fourth-order valence-electron chi connectivity index (χ4n) is 2.43. The Morgan fingerprint density at radius 2 is 1.72 bits per heavy atom. The SMILES string of the molecule is CCOc1ccc(-c2cn(S(=O)(=O)c3ccc(C)cc3)nc2N)cc1. The Hall–Kier alpha value is -2.80. The van der Waals surface area contributed by atoms with Gasteiger partial charge in [0.15, 0.2) is 5.82 Å². The number of anilines is 1. The van der Waals surface area contributed by atoms with E-state index < -0.39 is 10.0 Å². The normalized spacial score (nSPS) is 11.4. The summed E-state index contributed by atoms with van der Waals surface area (Å²) >= 11 is 0. The molecule has 3 aromatic rings. The van der Waals surface area contributed by atoms with Crippen molar-refractivity contribution >= 4 is 15.8 Å². The molecule has 25 heavy (non-hydrogen) atoms. The summed E-state index contributed by atoms with van der Waals surface area (Å²) in [6.45, 7) is 4.38. The minimum atomic E-state index is -3.78. The minimum Gasteiger partial charge on any atom is -0.494 e. The summed E-state index contributed by atoms with van der Waals surface area (Å²) in [5.41, 5.74) is 8.25. The van der Waals surface area contributed by atoms with Crippen LogP contribution in [-0.2, 0) is 10.0 Å². The van der Waals surface area contributed by atoms with Crippen molar-refractivity contribution in [3.05, 3.63) is 60.3 Å². The minimum absolute atomic E-state index is 0.153. The molecule has 0 amide bonds. The van der Waals surface area contributed by atoms with Gasteiger partial charge in [-0.25, -0.2) is 0 Å². The van der Waals surface area contributed by atoms with Crippen molar-refractivity contribution in [3.63, 3.8) is 0 Å². The number of hydrogen-bond donors (Lipinski definition) is 1. The van der Waals surface area contributed by atoms with Crippen LogP contribution in [0, 0.1) is 6.92 Å². The van der Waals surface area contributed by atoms with Crippen LogP contribution < -0.4 is 10.5 Å². The van der Waals surface area contributed by atoms with Gasteiger partial charge in [-0.2, -0.15) is 12.5 Å². The number of nitrogen functional groups attached to an aromatic ring is 1. The van der Waals surface area contributed by atoms with Crippen LogP contribution in [0.2, 0.25) is 0 Å². The van der Waals surface area contributed by atoms with Crippen molar-refractivity contribution < 1.29 is 13.2 Å². The maximum absolute atomic E-state index is 12.7. The molecule has 0 atom stereocenters. The third kappa shape index (κ3) is 3.36. The van der Waals surface area contributed by atoms with Gasteiger partial charge in [-0.05, 0) is 43.7 Å². The van der Waals surface area contributed by atoms with Crippen LogP contribution in [0.5, 0.6) is 5.75 Å². The zero-order chi connectivity index (χ0) is 18.0. The lowest BCUT2D eigenvalue weighted by Crippen LogP contribution is -2.13. The van der Waals surface area contributed by atoms with Crippen LogP contribution in [0.15, 0.2) is 59.6 Å². The van der Waals surface area contributed by atoms with E-state index in [-0.39, 0.29) is 10.7 Å². The van der Waals surface area contributed by atoms with E-state index in [0.717, 1.165) is 21.0 Å². The lowest BCUT2D eigenvalue weighted by Gasteiger charge is -2.04. The van der Waals surface area contributed by atoms with Gasteiger partial charge < -0.3 is 10.5 Å². The number of aromatic nitrogens is 2. The molecule has 0 radical (unpaired) electrons. The van der Waals surface area contributed by atoms with Gasteiger partial charge in [-0.1, -0.05) is 29.8 Å². The van der Waals surface area contributed by atoms with Crippen molar-refractivity contribution in [2.24, 2.45) is 0 Å². The van der Waals surface area contributed by atoms with Crippen LogP contribution in [0.4, 0.5) is 5.82 Å². The number of benzene rings is 2. The smallest absolute Gasteiger partial charge is 0.283 e. The molecule has 130 valence electrons. The zero-order valence-corrected chi connectivity index (χ0v) is 14.8. The van der Waals surface area contributed by atoms with E-state index in [2.05, 4.69) is 5.10 Å². The maximum atomic E-state index is 12.7. The van der Waals surface area contributed by atoms with Gasteiger partial charge in [0.05, 0.1) is 17.7 Å². The topological polar surface area (TPSA) is 87.2 Å². The second-order valence-electron chi connectivity index (χ2n) is 5.58. The van der Waals surface area contributed by atoms with Crippen molar-refractivity contribution in [3.8, 4) is 16.9 Å². The van der Waals surface area contributed by atoms with Crippen LogP contribution in [-0.4, -0.2) is 24.2 Å². The van der Waals surface area contributed by atoms with Gasteiger partial charge in [0, 0.05) is 5.56 Å². The highest BCUT2D eigenvalue weighted by molar-refractivity contribution is 7.89. The first-order chi connectivity index (χ1) is 11.9. The molecular weight excluding hydrogens is 338 g/mol. The molecule has 2 N–H and O–H groups in total. The van der Waals surface area contributed by atoms with Gasteiger partial charge in [-0.3, -0.25) is 0 Å². The largest absolute Gasteiger partial charge is 0.494 e. The van der Waals surface area contributed by atoms with Crippen LogP contribution >= 0.6 is 0 Å². The number of aryl methyl sites for hydroxylation is 1. The van der Waals surface area contributed by atoms with Gasteiger partial charge in [0.25, 0.3) is 10.0 Å². The Labute approximate surface area is 146 Å². The summed E-state index contributed by atoms with van der Waals surface area (Å²) in [4.78, 5) is 0.166. The third-order valence-electron chi connectivity index (χ3n) is 3.76. The summed E-state index contributed by atoms with van der Waals surface area (Å²) in [7, 11) is -3.78. The standard InChI is InChI=1S/C18H19N3O3S/c1-3-24-15-8-6-14(7-9-15)17-12-21(20-18(17)19)25(22,23)16-10-4-13(2)5-11-16/h4-12H,3H2,1-2H3,(H2,19,20). The van der Waals surface area contributed by atoms with Gasteiger partial charge >= 0.3 is 0 Å². The molecular formula is C18H19N3O3S. The molecule has 0 aliphatic carbocycles. The summed E-state index contributed by atoms with van der Waals surface area (Å²) in [6.07, 6.45) is 1.43. The molecule has 6 nitrogen and oxygen atoms in total. The predicted octanol–water partition coefficient (Wildman–Crippen LogP) is 3.08. The van der Waals surface area contributed by atoms with E-state index in [9.17, 15) is 8.42 Å². The maximum Gasteiger partial charge on any atom is 0.283 e. The summed E-state index contributed by atoms with van der Waals surface area (Å²) in [5, 5.41) is 3.99. The Bertz CT molecular complexity index is 975. The first kappa shape index (κ1) is 17.0. The van der Waals surface area contributed by atoms with Gasteiger partial charge in [0.1, 0.15) is 5.75 Å². The lowest BCUT2D eigenvalue weighted by molar-refractivity contribution is 0.340. The summed E-state index contributed by atoms with van der Waals surface area (Å²) < 4.78 is 31.7. The monoisotopic (exact) mass is 357 g/mol. The molecule has 1 aromatic heterocycles. The number of ether oxygens (including phenoxy) is 1. The fraction of sp³-hybridized carbons (Fsp3) is 0.167. The average Bonchev–Trinajstić information content (AvgIpc) is 2.99. The first-order valence-corrected chi connectivity index (χ1v) is 9.26. The fourth-order valence-corrected chi connectivity index (χ4v) is 3.56. The lowest BCUT2D eigenvalue weighted by atomic mass is 10.1. The first-order valence-electron chi connectivity index (χ1n) is 7.82. The highest BCUT2D eigenvalue weighted by atomic mass is 32.2. The predicted molar refractivity (Wildman–Crippen MR) is 97.0 cm³/mol. The molecule has 0 spiro atoms. The van der Waals surface area contributed by atoms with E-state index in [1.165, 1.54) is 6.20 Å². The highest BCUT2D eigenvalue weighted by Crippen LogP contribution is 2.28. The number of rotatable bonds is 5. The Morgan fingerprint density at radius 1 is 1.08 bits per heavy atom. The van der Waals surface area contributed by atoms with Gasteiger partial charge in [0.2, 0.25) is 0 Å². The van der Waals surface area contributed by atoms with E-state index in [4.69, 9.17) is 10.5 Å². The Balaban J connectivity index is 1.98. The zero-order valence-electron chi connectivity index (χ0n) is 14.0. The van der Waals surface area contributed by atoms with Crippen molar-refractivity contribution in [2.45, 2.75) is 18.7 Å². The molecule has 1 heterocycles. The second kappa shape index (κ2) is 6.60. The third-order valence-corrected chi connectivity index (χ3v) is 5.31. The average molecular weight is 357 g/mol. The highest BCUT2D eigenvalue weighted by Gasteiger charge is 2.20. The van der Waals surface area contributed by atoms with Gasteiger partial charge in [-0.15, -0.1) is 5.10 Å². The molecule has 7 heteroatoms. The molecule has 2 aromatic carbocycles. The Kier molecular flexibility index (Phi) is 4.50. The van der Waals surface area contributed by atoms with E-state index in [0.29, 0.717) is 12.2 Å². The molecule has 0 saturated carbocycles. The molecule has 0 unspecified atom stereocenters. The summed E-state index contributed by atoms with van der Waals surface area (Å²) in [6, 6.07) is 13.9. The number of nitrogens with two attached hydrogens (primary N) is 1. The van der Waals surface area contributed by atoms with Crippen LogP contribution in [0.1, 0.15) is 12.5 Å². The second-order valence-corrected chi connectivity index (χ2v) is 7.37. The van der Waals surface area contributed by atoms with E-state index in [1.54, 1.807) is 24.3 Å². The number of hydrogen-bond acceptors (Lipinski definition) is 5. The summed E-state index contributed by atoms with van der Waals surface area (Å²) in [5.74, 6) is 0.893.